The fourth-order valence-electron chi connectivity index (χ4n) is 0.541. The number of hydrogen-bond acceptors (Lipinski definition) is 4. The SMILES string of the molecule is CNN(CC(=O)O)CC(=O)O. The number of aliphatic carboxylic acids is 2. The summed E-state index contributed by atoms with van der Waals surface area (Å²) < 4.78 is 0. The van der Waals surface area contributed by atoms with E-state index in [1.54, 1.807) is 0 Å². The average molecular weight is 162 g/mol. The molecule has 64 valence electrons. The molecule has 0 aromatic carbocycles. The van der Waals surface area contributed by atoms with Gasteiger partial charge >= 0.3 is 11.9 Å². The molecule has 0 spiro atoms. The molecule has 11 heavy (non-hydrogen) atoms. The number of carboxylic acids is 2. The van der Waals surface area contributed by atoms with Crippen LogP contribution in [0.15, 0.2) is 0 Å². The maximum atomic E-state index is 10.1. The van der Waals surface area contributed by atoms with Gasteiger partial charge in [0, 0.05) is 0 Å². The van der Waals surface area contributed by atoms with Gasteiger partial charge in [-0.1, -0.05) is 0 Å². The lowest BCUT2D eigenvalue weighted by Crippen LogP contribution is -2.42. The first-order chi connectivity index (χ1) is 5.06. The van der Waals surface area contributed by atoms with Gasteiger partial charge in [-0.15, -0.1) is 0 Å². The molecule has 0 amide bonds. The zero-order valence-corrected chi connectivity index (χ0v) is 6.07. The Hall–Kier alpha value is -1.14. The monoisotopic (exact) mass is 162 g/mol. The van der Waals surface area contributed by atoms with E-state index in [1.165, 1.54) is 7.05 Å². The maximum absolute atomic E-state index is 10.1. The number of hydrogen-bond donors (Lipinski definition) is 3. The van der Waals surface area contributed by atoms with Gasteiger partial charge in [-0.2, -0.15) is 0 Å². The van der Waals surface area contributed by atoms with Crippen molar-refractivity contribution < 1.29 is 19.8 Å². The summed E-state index contributed by atoms with van der Waals surface area (Å²) >= 11 is 0. The summed E-state index contributed by atoms with van der Waals surface area (Å²) in [6, 6.07) is 0. The molecule has 0 heterocycles. The van der Waals surface area contributed by atoms with E-state index in [-0.39, 0.29) is 13.1 Å². The van der Waals surface area contributed by atoms with Crippen LogP contribution >= 0.6 is 0 Å². The lowest BCUT2D eigenvalue weighted by molar-refractivity contribution is -0.143. The molecule has 0 aromatic rings. The van der Waals surface area contributed by atoms with Crippen LogP contribution in [0.5, 0.6) is 0 Å². The quantitative estimate of drug-likeness (QED) is 0.430. The molecule has 0 aliphatic rings. The summed E-state index contributed by atoms with van der Waals surface area (Å²) in [6.45, 7) is -0.661. The first-order valence-electron chi connectivity index (χ1n) is 2.92. The summed E-state index contributed by atoms with van der Waals surface area (Å²) in [4.78, 5) is 20.2. The Labute approximate surface area is 63.4 Å². The Bertz CT molecular complexity index is 143. The van der Waals surface area contributed by atoms with Crippen LogP contribution in [-0.4, -0.2) is 47.3 Å². The molecule has 0 atom stereocenters. The lowest BCUT2D eigenvalue weighted by Gasteiger charge is -2.15. The predicted octanol–water partition coefficient (Wildman–Crippen LogP) is -1.41. The number of rotatable bonds is 5. The Morgan fingerprint density at radius 2 is 1.64 bits per heavy atom. The molecule has 0 saturated heterocycles. The second kappa shape index (κ2) is 4.64. The molecule has 0 saturated carbocycles. The standard InChI is InChI=1S/C5H10N2O4/c1-6-7(2-4(8)9)3-5(10)11/h6H,2-3H2,1H3,(H,8,9)(H,10,11). The Morgan fingerprint density at radius 1 is 1.27 bits per heavy atom. The van der Waals surface area contributed by atoms with Crippen molar-refractivity contribution in [1.29, 1.82) is 0 Å². The molecule has 0 unspecified atom stereocenters. The Morgan fingerprint density at radius 3 is 1.82 bits per heavy atom. The maximum Gasteiger partial charge on any atom is 0.319 e. The normalized spacial score (nSPS) is 10.0. The van der Waals surface area contributed by atoms with Crippen molar-refractivity contribution in [2.45, 2.75) is 0 Å². The number of nitrogens with zero attached hydrogens (tertiary/aromatic N) is 1. The highest BCUT2D eigenvalue weighted by Gasteiger charge is 2.10. The van der Waals surface area contributed by atoms with Crippen LogP contribution in [0, 0.1) is 0 Å². The van der Waals surface area contributed by atoms with Gasteiger partial charge in [0.2, 0.25) is 0 Å². The largest absolute Gasteiger partial charge is 0.480 e. The fourth-order valence-corrected chi connectivity index (χ4v) is 0.541. The van der Waals surface area contributed by atoms with Crippen molar-refractivity contribution in [2.75, 3.05) is 20.1 Å². The van der Waals surface area contributed by atoms with Gasteiger partial charge in [0.15, 0.2) is 0 Å². The first-order valence-corrected chi connectivity index (χ1v) is 2.92. The van der Waals surface area contributed by atoms with Crippen LogP contribution in [0.25, 0.3) is 0 Å². The topological polar surface area (TPSA) is 89.9 Å². The Balaban J connectivity index is 3.76. The zero-order valence-electron chi connectivity index (χ0n) is 6.07. The molecular weight excluding hydrogens is 152 g/mol. The van der Waals surface area contributed by atoms with Crippen LogP contribution in [0.4, 0.5) is 0 Å². The Kier molecular flexibility index (Phi) is 4.16. The van der Waals surface area contributed by atoms with Gasteiger partial charge in [-0.25, -0.2) is 5.01 Å². The van der Waals surface area contributed by atoms with E-state index in [4.69, 9.17) is 10.2 Å². The number of hydrazine groups is 1. The molecule has 0 bridgehead atoms. The highest BCUT2D eigenvalue weighted by Crippen LogP contribution is 1.80. The third-order valence-corrected chi connectivity index (χ3v) is 0.968. The van der Waals surface area contributed by atoms with Gasteiger partial charge < -0.3 is 10.2 Å². The van der Waals surface area contributed by atoms with Gasteiger partial charge in [-0.05, 0) is 7.05 Å². The minimum atomic E-state index is -1.07. The van der Waals surface area contributed by atoms with Crippen LogP contribution in [-0.2, 0) is 9.59 Å². The summed E-state index contributed by atoms with van der Waals surface area (Å²) in [6.07, 6.45) is 0. The smallest absolute Gasteiger partial charge is 0.319 e. The number of nitrogens with one attached hydrogen (secondary N) is 1. The summed E-state index contributed by atoms with van der Waals surface area (Å²) in [5.41, 5.74) is 2.44. The van der Waals surface area contributed by atoms with Crippen LogP contribution < -0.4 is 5.43 Å². The van der Waals surface area contributed by atoms with E-state index in [9.17, 15) is 9.59 Å². The fraction of sp³-hybridized carbons (Fsp3) is 0.600. The highest BCUT2D eigenvalue weighted by atomic mass is 16.4. The molecule has 0 aliphatic carbocycles. The van der Waals surface area contributed by atoms with Crippen LogP contribution in [0.3, 0.4) is 0 Å². The average Bonchev–Trinajstić information content (AvgIpc) is 1.84. The summed E-state index contributed by atoms with van der Waals surface area (Å²) in [5.74, 6) is -2.14. The minimum absolute atomic E-state index is 0.331. The van der Waals surface area contributed by atoms with Crippen molar-refractivity contribution in [3.05, 3.63) is 0 Å². The minimum Gasteiger partial charge on any atom is -0.480 e. The van der Waals surface area contributed by atoms with Crippen molar-refractivity contribution in [1.82, 2.24) is 10.4 Å². The van der Waals surface area contributed by atoms with Crippen LogP contribution in [0.2, 0.25) is 0 Å². The lowest BCUT2D eigenvalue weighted by atomic mass is 10.5. The molecule has 0 radical (unpaired) electrons. The second-order valence-electron chi connectivity index (χ2n) is 1.87. The van der Waals surface area contributed by atoms with E-state index in [0.717, 1.165) is 5.01 Å². The molecule has 6 nitrogen and oxygen atoms in total. The van der Waals surface area contributed by atoms with Crippen molar-refractivity contribution >= 4 is 11.9 Å². The van der Waals surface area contributed by atoms with Gasteiger partial charge in [0.05, 0.1) is 0 Å². The second-order valence-corrected chi connectivity index (χ2v) is 1.87. The van der Waals surface area contributed by atoms with E-state index >= 15 is 0 Å². The van der Waals surface area contributed by atoms with Gasteiger partial charge in [-0.3, -0.25) is 15.0 Å². The third kappa shape index (κ3) is 5.31. The third-order valence-electron chi connectivity index (χ3n) is 0.968. The number of carboxylic acid groups (broad SMARTS) is 2. The van der Waals surface area contributed by atoms with Gasteiger partial charge in [0.1, 0.15) is 13.1 Å². The van der Waals surface area contributed by atoms with Crippen molar-refractivity contribution in [3.8, 4) is 0 Å². The molecule has 0 aliphatic heterocycles. The molecule has 0 fully saturated rings. The highest BCUT2D eigenvalue weighted by molar-refractivity contribution is 5.72. The molecule has 6 heteroatoms. The van der Waals surface area contributed by atoms with Crippen molar-refractivity contribution in [3.63, 3.8) is 0 Å². The van der Waals surface area contributed by atoms with E-state index in [0.29, 0.717) is 0 Å². The first kappa shape index (κ1) is 9.86. The van der Waals surface area contributed by atoms with E-state index < -0.39 is 11.9 Å². The number of carbonyl (C=O) groups is 2. The zero-order chi connectivity index (χ0) is 8.85. The van der Waals surface area contributed by atoms with E-state index in [1.807, 2.05) is 0 Å². The summed E-state index contributed by atoms with van der Waals surface area (Å²) in [7, 11) is 1.46. The predicted molar refractivity (Wildman–Crippen MR) is 35.9 cm³/mol. The summed E-state index contributed by atoms with van der Waals surface area (Å²) in [5, 5.41) is 17.6. The molecule has 0 rings (SSSR count). The molecular formula is C5H10N2O4. The van der Waals surface area contributed by atoms with E-state index in [2.05, 4.69) is 5.43 Å². The molecule has 0 aromatic heterocycles. The van der Waals surface area contributed by atoms with Crippen molar-refractivity contribution in [2.24, 2.45) is 0 Å². The van der Waals surface area contributed by atoms with Crippen LogP contribution in [0.1, 0.15) is 0 Å². The molecule has 3 N–H and O–H groups in total. The van der Waals surface area contributed by atoms with Gasteiger partial charge in [0.25, 0.3) is 0 Å².